The quantitative estimate of drug-likeness (QED) is 0.772. The number of anilines is 1. The van der Waals surface area contributed by atoms with E-state index in [-0.39, 0.29) is 11.8 Å². The van der Waals surface area contributed by atoms with E-state index in [4.69, 9.17) is 4.74 Å². The number of amides is 1. The van der Waals surface area contributed by atoms with Gasteiger partial charge < -0.3 is 10.1 Å². The second-order valence-corrected chi connectivity index (χ2v) is 5.84. The minimum absolute atomic E-state index is 0.0232. The molecular formula is C18H19N5O2. The van der Waals surface area contributed by atoms with Crippen molar-refractivity contribution in [1.82, 2.24) is 19.7 Å². The van der Waals surface area contributed by atoms with Crippen molar-refractivity contribution in [2.24, 2.45) is 5.92 Å². The maximum Gasteiger partial charge on any atom is 0.238 e. The highest BCUT2D eigenvalue weighted by Gasteiger charge is 2.08. The van der Waals surface area contributed by atoms with Crippen LogP contribution in [0.2, 0.25) is 0 Å². The Labute approximate surface area is 145 Å². The van der Waals surface area contributed by atoms with Crippen molar-refractivity contribution in [3.05, 3.63) is 54.6 Å². The van der Waals surface area contributed by atoms with E-state index in [0.29, 0.717) is 17.4 Å². The maximum atomic E-state index is 11.7. The number of rotatable bonds is 5. The predicted octanol–water partition coefficient (Wildman–Crippen LogP) is 3.36. The standard InChI is InChI=1S/C18H19N5O2/c1-12(2)18(24)20-14-4-6-15(7-5-14)25-17-9-8-16(21-22-17)23-11-10-19-13(23)3/h4-12H,1-3H3,(H,20,24). The second kappa shape index (κ2) is 7.12. The van der Waals surface area contributed by atoms with Crippen molar-refractivity contribution in [1.29, 1.82) is 0 Å². The molecule has 0 aliphatic heterocycles. The Kier molecular flexibility index (Phi) is 4.74. The number of carbonyl (C=O) groups is 1. The van der Waals surface area contributed by atoms with E-state index in [9.17, 15) is 4.79 Å². The highest BCUT2D eigenvalue weighted by Crippen LogP contribution is 2.22. The smallest absolute Gasteiger partial charge is 0.238 e. The maximum absolute atomic E-state index is 11.7. The van der Waals surface area contributed by atoms with Gasteiger partial charge in [-0.05, 0) is 37.3 Å². The van der Waals surface area contributed by atoms with Crippen molar-refractivity contribution >= 4 is 11.6 Å². The van der Waals surface area contributed by atoms with Crippen LogP contribution in [0.25, 0.3) is 5.82 Å². The van der Waals surface area contributed by atoms with E-state index in [1.165, 1.54) is 0 Å². The Morgan fingerprint density at radius 1 is 1.12 bits per heavy atom. The summed E-state index contributed by atoms with van der Waals surface area (Å²) in [5, 5.41) is 11.0. The lowest BCUT2D eigenvalue weighted by atomic mass is 10.2. The van der Waals surface area contributed by atoms with Crippen molar-refractivity contribution in [2.45, 2.75) is 20.8 Å². The Morgan fingerprint density at radius 3 is 2.44 bits per heavy atom. The third-order valence-corrected chi connectivity index (χ3v) is 3.57. The average molecular weight is 337 g/mol. The number of benzene rings is 1. The molecule has 3 rings (SSSR count). The number of nitrogens with zero attached hydrogens (tertiary/aromatic N) is 4. The zero-order valence-electron chi connectivity index (χ0n) is 14.3. The molecule has 128 valence electrons. The molecule has 2 heterocycles. The van der Waals surface area contributed by atoms with Crippen molar-refractivity contribution in [3.8, 4) is 17.4 Å². The van der Waals surface area contributed by atoms with Gasteiger partial charge in [0.25, 0.3) is 0 Å². The van der Waals surface area contributed by atoms with E-state index in [2.05, 4.69) is 20.5 Å². The fraction of sp³-hybridized carbons (Fsp3) is 0.222. The third kappa shape index (κ3) is 4.00. The second-order valence-electron chi connectivity index (χ2n) is 5.84. The van der Waals surface area contributed by atoms with Gasteiger partial charge >= 0.3 is 0 Å². The van der Waals surface area contributed by atoms with Crippen LogP contribution in [0, 0.1) is 12.8 Å². The van der Waals surface area contributed by atoms with E-state index < -0.39 is 0 Å². The normalized spacial score (nSPS) is 10.7. The molecule has 1 amide bonds. The Bertz CT molecular complexity index is 854. The summed E-state index contributed by atoms with van der Waals surface area (Å²) in [6, 6.07) is 10.7. The molecule has 0 radical (unpaired) electrons. The first-order valence-corrected chi connectivity index (χ1v) is 7.96. The zero-order valence-corrected chi connectivity index (χ0v) is 14.3. The number of carbonyl (C=O) groups excluding carboxylic acids is 1. The number of imidazole rings is 1. The lowest BCUT2D eigenvalue weighted by molar-refractivity contribution is -0.118. The molecule has 0 unspecified atom stereocenters. The minimum atomic E-state index is -0.0659. The van der Waals surface area contributed by atoms with Gasteiger partial charge in [0.2, 0.25) is 11.8 Å². The molecule has 0 saturated carbocycles. The first kappa shape index (κ1) is 16.6. The van der Waals surface area contributed by atoms with E-state index >= 15 is 0 Å². The molecule has 3 aromatic rings. The topological polar surface area (TPSA) is 81.9 Å². The van der Waals surface area contributed by atoms with Crippen LogP contribution in [0.1, 0.15) is 19.7 Å². The molecule has 25 heavy (non-hydrogen) atoms. The third-order valence-electron chi connectivity index (χ3n) is 3.57. The molecule has 0 atom stereocenters. The van der Waals surface area contributed by atoms with Gasteiger partial charge in [0.05, 0.1) is 0 Å². The number of ether oxygens (including phenoxy) is 1. The summed E-state index contributed by atoms with van der Waals surface area (Å²) in [4.78, 5) is 15.8. The van der Waals surface area contributed by atoms with E-state index in [1.807, 2.05) is 37.6 Å². The van der Waals surface area contributed by atoms with Crippen LogP contribution < -0.4 is 10.1 Å². The van der Waals surface area contributed by atoms with Gasteiger partial charge in [-0.25, -0.2) is 4.98 Å². The molecule has 0 aliphatic rings. The highest BCUT2D eigenvalue weighted by molar-refractivity contribution is 5.92. The summed E-state index contributed by atoms with van der Waals surface area (Å²) >= 11 is 0. The monoisotopic (exact) mass is 337 g/mol. The number of aryl methyl sites for hydroxylation is 1. The summed E-state index contributed by atoms with van der Waals surface area (Å²) in [7, 11) is 0. The van der Waals surface area contributed by atoms with E-state index in [0.717, 1.165) is 11.5 Å². The molecule has 7 heteroatoms. The van der Waals surface area contributed by atoms with Gasteiger partial charge in [-0.1, -0.05) is 13.8 Å². The van der Waals surface area contributed by atoms with Crippen LogP contribution in [0.4, 0.5) is 5.69 Å². The van der Waals surface area contributed by atoms with Gasteiger partial charge in [-0.3, -0.25) is 9.36 Å². The molecule has 0 bridgehead atoms. The van der Waals surface area contributed by atoms with Gasteiger partial charge in [0.15, 0.2) is 5.82 Å². The van der Waals surface area contributed by atoms with Crippen LogP contribution in [-0.4, -0.2) is 25.7 Å². The molecule has 2 aromatic heterocycles. The molecule has 7 nitrogen and oxygen atoms in total. The molecular weight excluding hydrogens is 318 g/mol. The molecule has 0 spiro atoms. The zero-order chi connectivity index (χ0) is 17.8. The van der Waals surface area contributed by atoms with Crippen LogP contribution in [-0.2, 0) is 4.79 Å². The van der Waals surface area contributed by atoms with E-state index in [1.54, 1.807) is 36.5 Å². The van der Waals surface area contributed by atoms with Crippen LogP contribution in [0.5, 0.6) is 11.6 Å². The minimum Gasteiger partial charge on any atom is -0.438 e. The van der Waals surface area contributed by atoms with Crippen molar-refractivity contribution in [3.63, 3.8) is 0 Å². The largest absolute Gasteiger partial charge is 0.438 e. The number of hydrogen-bond acceptors (Lipinski definition) is 5. The van der Waals surface area contributed by atoms with Crippen LogP contribution in [0.15, 0.2) is 48.8 Å². The summed E-state index contributed by atoms with van der Waals surface area (Å²) in [5.41, 5.74) is 0.725. The first-order valence-electron chi connectivity index (χ1n) is 7.96. The molecule has 0 fully saturated rings. The summed E-state index contributed by atoms with van der Waals surface area (Å²) in [6.45, 7) is 5.59. The summed E-state index contributed by atoms with van der Waals surface area (Å²) in [6.07, 6.45) is 3.53. The number of aromatic nitrogens is 4. The average Bonchev–Trinajstić information content (AvgIpc) is 3.03. The molecule has 1 aromatic carbocycles. The number of hydrogen-bond donors (Lipinski definition) is 1. The molecule has 0 aliphatic carbocycles. The first-order chi connectivity index (χ1) is 12.0. The van der Waals surface area contributed by atoms with Crippen LogP contribution >= 0.6 is 0 Å². The van der Waals surface area contributed by atoms with Crippen molar-refractivity contribution in [2.75, 3.05) is 5.32 Å². The van der Waals surface area contributed by atoms with Gasteiger partial charge in [-0.2, -0.15) is 0 Å². The van der Waals surface area contributed by atoms with Gasteiger partial charge in [0, 0.05) is 30.1 Å². The molecule has 0 saturated heterocycles. The summed E-state index contributed by atoms with van der Waals surface area (Å²) in [5.74, 6) is 2.42. The van der Waals surface area contributed by atoms with Gasteiger partial charge in [-0.15, -0.1) is 10.2 Å². The predicted molar refractivity (Wildman–Crippen MR) is 93.9 cm³/mol. The van der Waals surface area contributed by atoms with Crippen molar-refractivity contribution < 1.29 is 9.53 Å². The van der Waals surface area contributed by atoms with Gasteiger partial charge in [0.1, 0.15) is 11.6 Å². The fourth-order valence-electron chi connectivity index (χ4n) is 2.13. The summed E-state index contributed by atoms with van der Waals surface area (Å²) < 4.78 is 7.51. The Hall–Kier alpha value is -3.22. The highest BCUT2D eigenvalue weighted by atomic mass is 16.5. The SMILES string of the molecule is Cc1nccn1-c1ccc(Oc2ccc(NC(=O)C(C)C)cc2)nn1. The fourth-order valence-corrected chi connectivity index (χ4v) is 2.13. The van der Waals surface area contributed by atoms with Crippen LogP contribution in [0.3, 0.4) is 0 Å². The lowest BCUT2D eigenvalue weighted by Crippen LogP contribution is -2.17. The lowest BCUT2D eigenvalue weighted by Gasteiger charge is -2.09. The number of nitrogens with one attached hydrogen (secondary N) is 1. The molecule has 1 N–H and O–H groups in total. The Balaban J connectivity index is 1.66. The Morgan fingerprint density at radius 2 is 1.88 bits per heavy atom.